The largest absolute Gasteiger partial charge is 0.484 e. The monoisotopic (exact) mass is 314 g/mol. The average molecular weight is 314 g/mol. The maximum atomic E-state index is 12.1. The van der Waals surface area contributed by atoms with Crippen molar-refractivity contribution in [3.8, 4) is 5.75 Å². The highest BCUT2D eigenvalue weighted by Crippen LogP contribution is 2.27. The molecule has 6 nitrogen and oxygen atoms in total. The highest BCUT2D eigenvalue weighted by molar-refractivity contribution is 5.93. The number of hydrogen-bond acceptors (Lipinski definition) is 4. The number of nitro benzene ring substituents is 1. The molecule has 1 N–H and O–H groups in total. The van der Waals surface area contributed by atoms with Gasteiger partial charge in [-0.3, -0.25) is 14.9 Å². The molecule has 23 heavy (non-hydrogen) atoms. The van der Waals surface area contributed by atoms with E-state index >= 15 is 0 Å². The van der Waals surface area contributed by atoms with E-state index in [9.17, 15) is 14.9 Å². The number of benzene rings is 2. The number of amides is 1. The molecule has 0 bridgehead atoms. The number of nitro groups is 1. The van der Waals surface area contributed by atoms with Gasteiger partial charge in [-0.15, -0.1) is 0 Å². The van der Waals surface area contributed by atoms with Gasteiger partial charge in [-0.05, 0) is 36.6 Å². The lowest BCUT2D eigenvalue weighted by molar-refractivity contribution is -0.384. The molecule has 2 aromatic rings. The van der Waals surface area contributed by atoms with Crippen LogP contribution in [-0.4, -0.2) is 17.4 Å². The van der Waals surface area contributed by atoms with E-state index in [-0.39, 0.29) is 18.2 Å². The fraction of sp³-hybridized carbons (Fsp3) is 0.235. The zero-order valence-electron chi connectivity index (χ0n) is 13.0. The van der Waals surface area contributed by atoms with Gasteiger partial charge in [-0.2, -0.15) is 0 Å². The van der Waals surface area contributed by atoms with Crippen LogP contribution in [0.15, 0.2) is 42.5 Å². The Hall–Kier alpha value is -2.89. The van der Waals surface area contributed by atoms with Crippen molar-refractivity contribution in [2.45, 2.75) is 20.3 Å². The summed E-state index contributed by atoms with van der Waals surface area (Å²) < 4.78 is 5.40. The van der Waals surface area contributed by atoms with Crippen LogP contribution in [0, 0.1) is 17.0 Å². The Labute approximate surface area is 134 Å². The van der Waals surface area contributed by atoms with E-state index < -0.39 is 4.92 Å². The van der Waals surface area contributed by atoms with Crippen molar-refractivity contribution < 1.29 is 14.5 Å². The Morgan fingerprint density at radius 2 is 1.96 bits per heavy atom. The molecule has 2 rings (SSSR count). The van der Waals surface area contributed by atoms with Crippen LogP contribution in [0.4, 0.5) is 11.4 Å². The summed E-state index contributed by atoms with van der Waals surface area (Å²) in [4.78, 5) is 22.5. The maximum Gasteiger partial charge on any atom is 0.270 e. The Bertz CT molecular complexity index is 714. The Morgan fingerprint density at radius 3 is 2.57 bits per heavy atom. The number of anilines is 1. The van der Waals surface area contributed by atoms with Crippen molar-refractivity contribution >= 4 is 17.3 Å². The molecule has 0 saturated heterocycles. The Balaban J connectivity index is 2.09. The smallest absolute Gasteiger partial charge is 0.270 e. The second-order valence-corrected chi connectivity index (χ2v) is 5.06. The summed E-state index contributed by atoms with van der Waals surface area (Å²) in [5.74, 6) is 0.305. The van der Waals surface area contributed by atoms with E-state index in [0.29, 0.717) is 23.4 Å². The van der Waals surface area contributed by atoms with Crippen LogP contribution in [-0.2, 0) is 11.2 Å². The molecule has 1 amide bonds. The minimum atomic E-state index is -0.434. The van der Waals surface area contributed by atoms with Gasteiger partial charge in [0.15, 0.2) is 6.61 Å². The summed E-state index contributed by atoms with van der Waals surface area (Å²) in [6.07, 6.45) is 0.581. The number of nitrogens with one attached hydrogen (secondary N) is 1. The fourth-order valence-electron chi connectivity index (χ4n) is 2.24. The van der Waals surface area contributed by atoms with Gasteiger partial charge >= 0.3 is 0 Å². The van der Waals surface area contributed by atoms with Crippen LogP contribution in [0.2, 0.25) is 0 Å². The molecule has 120 valence electrons. The van der Waals surface area contributed by atoms with Crippen molar-refractivity contribution in [2.75, 3.05) is 11.9 Å². The lowest BCUT2D eigenvalue weighted by Gasteiger charge is -2.13. The van der Waals surface area contributed by atoms with E-state index in [1.54, 1.807) is 19.1 Å². The SMILES string of the molecule is CCc1cc([N+](=O)[O-])cc(C)c1NC(=O)COc1ccccc1. The Morgan fingerprint density at radius 1 is 1.26 bits per heavy atom. The van der Waals surface area contributed by atoms with Gasteiger partial charge in [0, 0.05) is 17.8 Å². The number of carbonyl (C=O) groups is 1. The molecule has 0 aliphatic carbocycles. The summed E-state index contributed by atoms with van der Waals surface area (Å²) in [6, 6.07) is 12.0. The van der Waals surface area contributed by atoms with Gasteiger partial charge in [-0.25, -0.2) is 0 Å². The molecule has 6 heteroatoms. The number of ether oxygens (including phenoxy) is 1. The van der Waals surface area contributed by atoms with Gasteiger partial charge in [0.1, 0.15) is 5.75 Å². The molecule has 0 radical (unpaired) electrons. The van der Waals surface area contributed by atoms with Gasteiger partial charge in [0.25, 0.3) is 11.6 Å². The van der Waals surface area contributed by atoms with Gasteiger partial charge < -0.3 is 10.1 Å². The van der Waals surface area contributed by atoms with Crippen molar-refractivity contribution in [3.05, 3.63) is 63.7 Å². The molecular weight excluding hydrogens is 296 g/mol. The van der Waals surface area contributed by atoms with Crippen molar-refractivity contribution in [3.63, 3.8) is 0 Å². The number of nitrogens with zero attached hydrogens (tertiary/aromatic N) is 1. The third-order valence-electron chi connectivity index (χ3n) is 3.37. The topological polar surface area (TPSA) is 81.5 Å². The van der Waals surface area contributed by atoms with E-state index in [2.05, 4.69) is 5.32 Å². The lowest BCUT2D eigenvalue weighted by Crippen LogP contribution is -2.21. The molecule has 2 aromatic carbocycles. The molecule has 0 aliphatic heterocycles. The highest BCUT2D eigenvalue weighted by atomic mass is 16.6. The molecule has 0 heterocycles. The van der Waals surface area contributed by atoms with Crippen LogP contribution in [0.1, 0.15) is 18.1 Å². The number of para-hydroxylation sites is 1. The van der Waals surface area contributed by atoms with E-state index in [1.807, 2.05) is 25.1 Å². The normalized spacial score (nSPS) is 10.2. The van der Waals surface area contributed by atoms with E-state index in [1.165, 1.54) is 12.1 Å². The first kappa shape index (κ1) is 16.5. The van der Waals surface area contributed by atoms with Crippen LogP contribution in [0.5, 0.6) is 5.75 Å². The molecule has 0 fully saturated rings. The van der Waals surface area contributed by atoms with Crippen molar-refractivity contribution in [1.82, 2.24) is 0 Å². The standard InChI is InChI=1S/C17H18N2O4/c1-3-13-10-14(19(21)22)9-12(2)17(13)18-16(20)11-23-15-7-5-4-6-8-15/h4-10H,3,11H2,1-2H3,(H,18,20). The zero-order valence-corrected chi connectivity index (χ0v) is 13.0. The number of rotatable bonds is 6. The molecule has 0 aromatic heterocycles. The number of hydrogen-bond donors (Lipinski definition) is 1. The number of carbonyl (C=O) groups excluding carboxylic acids is 1. The summed E-state index contributed by atoms with van der Waals surface area (Å²) in [6.45, 7) is 3.50. The Kier molecular flexibility index (Phi) is 5.30. The molecule has 0 unspecified atom stereocenters. The summed E-state index contributed by atoms with van der Waals surface area (Å²) in [5.41, 5.74) is 2.02. The summed E-state index contributed by atoms with van der Waals surface area (Å²) >= 11 is 0. The minimum Gasteiger partial charge on any atom is -0.484 e. The van der Waals surface area contributed by atoms with Gasteiger partial charge in [0.05, 0.1) is 4.92 Å². The number of aryl methyl sites for hydroxylation is 2. The quantitative estimate of drug-likeness (QED) is 0.653. The first-order valence-corrected chi connectivity index (χ1v) is 7.27. The van der Waals surface area contributed by atoms with Crippen molar-refractivity contribution in [2.24, 2.45) is 0 Å². The lowest BCUT2D eigenvalue weighted by atomic mass is 10.0. The second kappa shape index (κ2) is 7.40. The van der Waals surface area contributed by atoms with Crippen LogP contribution in [0.3, 0.4) is 0 Å². The van der Waals surface area contributed by atoms with Crippen LogP contribution >= 0.6 is 0 Å². The average Bonchev–Trinajstić information content (AvgIpc) is 2.55. The molecule has 0 aliphatic rings. The predicted octanol–water partition coefficient (Wildman–Crippen LogP) is 3.48. The van der Waals surface area contributed by atoms with E-state index in [0.717, 1.165) is 5.56 Å². The summed E-state index contributed by atoms with van der Waals surface area (Å²) in [7, 11) is 0. The van der Waals surface area contributed by atoms with E-state index in [4.69, 9.17) is 4.74 Å². The first-order valence-electron chi connectivity index (χ1n) is 7.27. The van der Waals surface area contributed by atoms with Gasteiger partial charge in [-0.1, -0.05) is 25.1 Å². The molecule has 0 spiro atoms. The minimum absolute atomic E-state index is 0.0258. The third kappa shape index (κ3) is 4.29. The fourth-order valence-corrected chi connectivity index (χ4v) is 2.24. The third-order valence-corrected chi connectivity index (χ3v) is 3.37. The maximum absolute atomic E-state index is 12.1. The second-order valence-electron chi connectivity index (χ2n) is 5.06. The van der Waals surface area contributed by atoms with Crippen LogP contribution in [0.25, 0.3) is 0 Å². The first-order chi connectivity index (χ1) is 11.0. The number of non-ortho nitro benzene ring substituents is 1. The molecule has 0 saturated carbocycles. The molecular formula is C17H18N2O4. The highest BCUT2D eigenvalue weighted by Gasteiger charge is 2.15. The van der Waals surface area contributed by atoms with Gasteiger partial charge in [0.2, 0.25) is 0 Å². The zero-order chi connectivity index (χ0) is 16.8. The molecule has 0 atom stereocenters. The van der Waals surface area contributed by atoms with Crippen molar-refractivity contribution in [1.29, 1.82) is 0 Å². The predicted molar refractivity (Wildman–Crippen MR) is 87.8 cm³/mol. The van der Waals surface area contributed by atoms with Crippen LogP contribution < -0.4 is 10.1 Å². The summed E-state index contributed by atoms with van der Waals surface area (Å²) in [5, 5.41) is 13.7.